The standard InChI is InChI=1S/C17H28N4O2S.HI/c1-2-3-4-5-12-19-17(18)20-13-14-6-10-16(11-7-14)24(22,23)21-15-8-9-15;/h6-7,10-11,15,21H,2-5,8-9,12-13H2,1H3,(H3,18,19,20);1H. The van der Waals surface area contributed by atoms with Crippen molar-refractivity contribution in [3.63, 3.8) is 0 Å². The number of nitrogens with two attached hydrogens (primary N) is 1. The Balaban J connectivity index is 0.00000312. The average molecular weight is 480 g/mol. The van der Waals surface area contributed by atoms with Gasteiger partial charge in [-0.25, -0.2) is 18.1 Å². The van der Waals surface area contributed by atoms with Crippen LogP contribution in [0.25, 0.3) is 0 Å². The quantitative estimate of drug-likeness (QED) is 0.208. The summed E-state index contributed by atoms with van der Waals surface area (Å²) in [5, 5.41) is 3.10. The number of guanidine groups is 1. The van der Waals surface area contributed by atoms with E-state index < -0.39 is 10.0 Å². The third kappa shape index (κ3) is 8.37. The summed E-state index contributed by atoms with van der Waals surface area (Å²) in [7, 11) is -3.39. The van der Waals surface area contributed by atoms with Crippen molar-refractivity contribution in [2.24, 2.45) is 10.7 Å². The van der Waals surface area contributed by atoms with E-state index in [1.54, 1.807) is 24.3 Å². The van der Waals surface area contributed by atoms with Crippen LogP contribution in [-0.4, -0.2) is 27.0 Å². The molecular formula is C17H29IN4O2S. The van der Waals surface area contributed by atoms with Gasteiger partial charge in [-0.05, 0) is 37.0 Å². The van der Waals surface area contributed by atoms with Gasteiger partial charge in [0.2, 0.25) is 10.0 Å². The number of nitrogens with one attached hydrogen (secondary N) is 2. The maximum Gasteiger partial charge on any atom is 0.240 e. The zero-order valence-electron chi connectivity index (χ0n) is 14.7. The van der Waals surface area contributed by atoms with Gasteiger partial charge < -0.3 is 11.1 Å². The fourth-order valence-electron chi connectivity index (χ4n) is 2.26. The highest BCUT2D eigenvalue weighted by Crippen LogP contribution is 2.22. The topological polar surface area (TPSA) is 96.6 Å². The Hall–Kier alpha value is -0.870. The Morgan fingerprint density at radius 1 is 1.20 bits per heavy atom. The van der Waals surface area contributed by atoms with Crippen LogP contribution in [0.4, 0.5) is 0 Å². The third-order valence-corrected chi connectivity index (χ3v) is 5.44. The SMILES string of the molecule is CCCCCCNC(N)=NCc1ccc(S(=O)(=O)NC2CC2)cc1.I. The molecule has 4 N–H and O–H groups in total. The van der Waals surface area contributed by atoms with E-state index in [1.165, 1.54) is 19.3 Å². The van der Waals surface area contributed by atoms with Crippen molar-refractivity contribution in [1.82, 2.24) is 10.0 Å². The zero-order valence-corrected chi connectivity index (χ0v) is 17.8. The minimum Gasteiger partial charge on any atom is -0.370 e. The first-order chi connectivity index (χ1) is 11.5. The number of nitrogens with zero attached hydrogens (tertiary/aromatic N) is 1. The molecule has 2 rings (SSSR count). The molecule has 0 saturated heterocycles. The Bertz CT molecular complexity index is 643. The maximum absolute atomic E-state index is 12.1. The molecule has 0 heterocycles. The highest BCUT2D eigenvalue weighted by molar-refractivity contribution is 14.0. The summed E-state index contributed by atoms with van der Waals surface area (Å²) < 4.78 is 26.8. The molecule has 0 aromatic heterocycles. The van der Waals surface area contributed by atoms with Gasteiger partial charge in [0.05, 0.1) is 11.4 Å². The van der Waals surface area contributed by atoms with E-state index in [4.69, 9.17) is 5.73 Å². The molecule has 0 bridgehead atoms. The van der Waals surface area contributed by atoms with Crippen LogP contribution in [-0.2, 0) is 16.6 Å². The molecule has 1 aliphatic rings. The summed E-state index contributed by atoms with van der Waals surface area (Å²) in [4.78, 5) is 4.58. The second-order valence-corrected chi connectivity index (χ2v) is 7.94. The first-order valence-electron chi connectivity index (χ1n) is 8.66. The lowest BCUT2D eigenvalue weighted by molar-refractivity contribution is 0.581. The molecule has 0 atom stereocenters. The number of hydrogen-bond acceptors (Lipinski definition) is 3. The summed E-state index contributed by atoms with van der Waals surface area (Å²) in [5.74, 6) is 0.429. The fraction of sp³-hybridized carbons (Fsp3) is 0.588. The summed E-state index contributed by atoms with van der Waals surface area (Å²) in [6, 6.07) is 6.90. The lowest BCUT2D eigenvalue weighted by Gasteiger charge is -2.07. The van der Waals surface area contributed by atoms with Crippen LogP contribution in [0.1, 0.15) is 51.0 Å². The van der Waals surface area contributed by atoms with E-state index in [9.17, 15) is 8.42 Å². The van der Waals surface area contributed by atoms with Gasteiger partial charge in [-0.2, -0.15) is 0 Å². The van der Waals surface area contributed by atoms with Gasteiger partial charge in [0.15, 0.2) is 5.96 Å². The molecule has 0 radical (unpaired) electrons. The van der Waals surface area contributed by atoms with Crippen molar-refractivity contribution in [3.05, 3.63) is 29.8 Å². The molecule has 1 aromatic rings. The lowest BCUT2D eigenvalue weighted by Crippen LogP contribution is -2.32. The molecule has 1 fully saturated rings. The first-order valence-corrected chi connectivity index (χ1v) is 10.1. The highest BCUT2D eigenvalue weighted by atomic mass is 127. The number of hydrogen-bond donors (Lipinski definition) is 3. The molecule has 8 heteroatoms. The van der Waals surface area contributed by atoms with Crippen LogP contribution in [0.3, 0.4) is 0 Å². The lowest BCUT2D eigenvalue weighted by atomic mass is 10.2. The molecule has 0 spiro atoms. The van der Waals surface area contributed by atoms with Crippen molar-refractivity contribution >= 4 is 40.0 Å². The molecule has 0 aliphatic heterocycles. The van der Waals surface area contributed by atoms with Crippen LogP contribution in [0.5, 0.6) is 0 Å². The number of aliphatic imine (C=N–C) groups is 1. The van der Waals surface area contributed by atoms with Gasteiger partial charge in [0.1, 0.15) is 0 Å². The predicted octanol–water partition coefficient (Wildman–Crippen LogP) is 2.73. The number of halogens is 1. The third-order valence-electron chi connectivity index (χ3n) is 3.90. The second-order valence-electron chi connectivity index (χ2n) is 6.23. The molecule has 25 heavy (non-hydrogen) atoms. The first kappa shape index (κ1) is 22.2. The largest absolute Gasteiger partial charge is 0.370 e. The van der Waals surface area contributed by atoms with Crippen LogP contribution in [0.15, 0.2) is 34.2 Å². The predicted molar refractivity (Wildman–Crippen MR) is 113 cm³/mol. The van der Waals surface area contributed by atoms with Gasteiger partial charge >= 0.3 is 0 Å². The summed E-state index contributed by atoms with van der Waals surface area (Å²) in [5.41, 5.74) is 6.76. The van der Waals surface area contributed by atoms with E-state index in [2.05, 4.69) is 22.0 Å². The summed E-state index contributed by atoms with van der Waals surface area (Å²) >= 11 is 0. The summed E-state index contributed by atoms with van der Waals surface area (Å²) in [6.07, 6.45) is 6.59. The monoisotopic (exact) mass is 480 g/mol. The second kappa shape index (κ2) is 11.0. The van der Waals surface area contributed by atoms with E-state index in [1.807, 2.05) is 0 Å². The minimum atomic E-state index is -3.39. The smallest absolute Gasteiger partial charge is 0.240 e. The Kier molecular flexibility index (Phi) is 9.73. The van der Waals surface area contributed by atoms with E-state index in [-0.39, 0.29) is 30.0 Å². The van der Waals surface area contributed by atoms with Crippen molar-refractivity contribution in [2.45, 2.75) is 62.9 Å². The van der Waals surface area contributed by atoms with Crippen LogP contribution >= 0.6 is 24.0 Å². The van der Waals surface area contributed by atoms with Crippen LogP contribution < -0.4 is 15.8 Å². The van der Waals surface area contributed by atoms with Crippen LogP contribution in [0.2, 0.25) is 0 Å². The van der Waals surface area contributed by atoms with Crippen LogP contribution in [0, 0.1) is 0 Å². The molecule has 6 nitrogen and oxygen atoms in total. The fourth-order valence-corrected chi connectivity index (χ4v) is 3.57. The Labute approximate surface area is 168 Å². The molecule has 142 valence electrons. The number of unbranched alkanes of at least 4 members (excludes halogenated alkanes) is 3. The Morgan fingerprint density at radius 3 is 2.48 bits per heavy atom. The Morgan fingerprint density at radius 2 is 1.88 bits per heavy atom. The molecule has 1 saturated carbocycles. The number of benzene rings is 1. The molecule has 1 aliphatic carbocycles. The minimum absolute atomic E-state index is 0. The van der Waals surface area contributed by atoms with Gasteiger partial charge in [0.25, 0.3) is 0 Å². The molecule has 0 amide bonds. The van der Waals surface area contributed by atoms with Crippen molar-refractivity contribution < 1.29 is 8.42 Å². The number of sulfonamides is 1. The van der Waals surface area contributed by atoms with Crippen molar-refractivity contribution in [1.29, 1.82) is 0 Å². The normalized spacial score (nSPS) is 14.8. The van der Waals surface area contributed by atoms with Crippen molar-refractivity contribution in [2.75, 3.05) is 6.54 Å². The molecular weight excluding hydrogens is 451 g/mol. The number of rotatable bonds is 10. The van der Waals surface area contributed by atoms with E-state index >= 15 is 0 Å². The molecule has 1 aromatic carbocycles. The maximum atomic E-state index is 12.1. The van der Waals surface area contributed by atoms with Gasteiger partial charge in [-0.3, -0.25) is 0 Å². The van der Waals surface area contributed by atoms with Crippen molar-refractivity contribution in [3.8, 4) is 0 Å². The van der Waals surface area contributed by atoms with Gasteiger partial charge in [0, 0.05) is 12.6 Å². The van der Waals surface area contributed by atoms with E-state index in [0.717, 1.165) is 31.4 Å². The average Bonchev–Trinajstić information content (AvgIpc) is 3.36. The van der Waals surface area contributed by atoms with E-state index in [0.29, 0.717) is 17.4 Å². The molecule has 0 unspecified atom stereocenters. The summed E-state index contributed by atoms with van der Waals surface area (Å²) in [6.45, 7) is 3.45. The van der Waals surface area contributed by atoms with Gasteiger partial charge in [-0.1, -0.05) is 38.3 Å². The zero-order chi connectivity index (χ0) is 17.4. The highest BCUT2D eigenvalue weighted by Gasteiger charge is 2.27. The van der Waals surface area contributed by atoms with Gasteiger partial charge in [-0.15, -0.1) is 24.0 Å².